The summed E-state index contributed by atoms with van der Waals surface area (Å²) in [5, 5.41) is 12.9. The van der Waals surface area contributed by atoms with Crippen molar-refractivity contribution in [2.45, 2.75) is 13.0 Å². The summed E-state index contributed by atoms with van der Waals surface area (Å²) in [5.74, 6) is -2.11. The molecule has 25 heavy (non-hydrogen) atoms. The predicted molar refractivity (Wildman–Crippen MR) is 84.9 cm³/mol. The first-order valence-electron chi connectivity index (χ1n) is 7.44. The maximum Gasteiger partial charge on any atom is 0.334 e. The molecule has 1 fully saturated rings. The lowest BCUT2D eigenvalue weighted by molar-refractivity contribution is -0.154. The number of rotatable bonds is 3. The Bertz CT molecular complexity index is 818. The van der Waals surface area contributed by atoms with Gasteiger partial charge in [-0.2, -0.15) is 0 Å². The summed E-state index contributed by atoms with van der Waals surface area (Å²) in [6, 6.07) is 4.12. The van der Waals surface area contributed by atoms with E-state index in [0.717, 1.165) is 0 Å². The molecule has 0 bridgehead atoms. The number of carbonyl (C=O) groups excluding carboxylic acids is 1. The molecular weight excluding hydrogens is 355 g/mol. The molecule has 1 aromatic heterocycles. The molecule has 0 spiro atoms. The first-order chi connectivity index (χ1) is 11.9. The number of carboxylic acid groups (broad SMARTS) is 1. The van der Waals surface area contributed by atoms with Crippen LogP contribution < -0.4 is 0 Å². The molecule has 1 amide bonds. The fourth-order valence-electron chi connectivity index (χ4n) is 2.66. The molecule has 1 N–H and O–H groups in total. The number of hydrogen-bond donors (Lipinski definition) is 1. The van der Waals surface area contributed by atoms with E-state index in [9.17, 15) is 14.0 Å². The van der Waals surface area contributed by atoms with E-state index < -0.39 is 23.8 Å². The zero-order chi connectivity index (χ0) is 18.1. The van der Waals surface area contributed by atoms with E-state index in [1.54, 1.807) is 0 Å². The van der Waals surface area contributed by atoms with Crippen LogP contribution in [-0.4, -0.2) is 52.8 Å². The van der Waals surface area contributed by atoms with Gasteiger partial charge in [-0.1, -0.05) is 22.8 Å². The van der Waals surface area contributed by atoms with Gasteiger partial charge >= 0.3 is 5.97 Å². The van der Waals surface area contributed by atoms with Gasteiger partial charge in [-0.25, -0.2) is 9.18 Å². The summed E-state index contributed by atoms with van der Waals surface area (Å²) in [6.07, 6.45) is -1.11. The molecule has 7 nitrogen and oxygen atoms in total. The van der Waals surface area contributed by atoms with Crippen LogP contribution in [0.3, 0.4) is 0 Å². The number of aliphatic carboxylic acids is 1. The van der Waals surface area contributed by atoms with Gasteiger partial charge in [-0.3, -0.25) is 4.79 Å². The molecule has 1 aliphatic rings. The summed E-state index contributed by atoms with van der Waals surface area (Å²) in [4.78, 5) is 25.3. The van der Waals surface area contributed by atoms with Crippen LogP contribution in [0.15, 0.2) is 22.7 Å². The van der Waals surface area contributed by atoms with Crippen molar-refractivity contribution in [3.05, 3.63) is 40.4 Å². The number of benzene rings is 1. The first kappa shape index (κ1) is 17.4. The Morgan fingerprint density at radius 3 is 2.88 bits per heavy atom. The lowest BCUT2D eigenvalue weighted by Gasteiger charge is -2.30. The normalized spacial score (nSPS) is 17.6. The van der Waals surface area contributed by atoms with Crippen LogP contribution in [0, 0.1) is 12.7 Å². The van der Waals surface area contributed by atoms with Gasteiger partial charge in [-0.05, 0) is 19.1 Å². The van der Waals surface area contributed by atoms with Crippen molar-refractivity contribution >= 4 is 23.5 Å². The number of aryl methyl sites for hydroxylation is 1. The van der Waals surface area contributed by atoms with Crippen LogP contribution in [-0.2, 0) is 9.53 Å². The van der Waals surface area contributed by atoms with Crippen LogP contribution in [0.4, 0.5) is 4.39 Å². The Labute approximate surface area is 146 Å². The van der Waals surface area contributed by atoms with Crippen molar-refractivity contribution in [1.29, 1.82) is 0 Å². The predicted octanol–water partition coefficient (Wildman–Crippen LogP) is 2.37. The minimum absolute atomic E-state index is 0.0102. The van der Waals surface area contributed by atoms with Crippen LogP contribution >= 0.6 is 11.6 Å². The smallest absolute Gasteiger partial charge is 0.334 e. The van der Waals surface area contributed by atoms with Crippen LogP contribution in [0.25, 0.3) is 11.3 Å². The molecule has 2 heterocycles. The summed E-state index contributed by atoms with van der Waals surface area (Å²) in [6.45, 7) is 1.69. The average Bonchev–Trinajstić information content (AvgIpc) is 2.95. The lowest BCUT2D eigenvalue weighted by Crippen LogP contribution is -2.48. The number of aromatic nitrogens is 1. The molecule has 1 saturated heterocycles. The van der Waals surface area contributed by atoms with Gasteiger partial charge in [0.05, 0.1) is 23.7 Å². The second-order valence-electron chi connectivity index (χ2n) is 5.51. The second kappa shape index (κ2) is 6.81. The van der Waals surface area contributed by atoms with Crippen LogP contribution in [0.2, 0.25) is 5.02 Å². The van der Waals surface area contributed by atoms with Crippen molar-refractivity contribution in [3.8, 4) is 11.3 Å². The number of carboxylic acids is 1. The summed E-state index contributed by atoms with van der Waals surface area (Å²) < 4.78 is 24.4. The van der Waals surface area contributed by atoms with Gasteiger partial charge in [0.2, 0.25) is 0 Å². The number of carbonyl (C=O) groups is 2. The Morgan fingerprint density at radius 1 is 1.44 bits per heavy atom. The molecule has 9 heteroatoms. The lowest BCUT2D eigenvalue weighted by atomic mass is 10.0. The van der Waals surface area contributed by atoms with Crippen molar-refractivity contribution in [3.63, 3.8) is 0 Å². The fourth-order valence-corrected chi connectivity index (χ4v) is 2.91. The van der Waals surface area contributed by atoms with Crippen molar-refractivity contribution in [2.24, 2.45) is 0 Å². The summed E-state index contributed by atoms with van der Waals surface area (Å²) >= 11 is 6.06. The third kappa shape index (κ3) is 3.22. The van der Waals surface area contributed by atoms with E-state index in [-0.39, 0.29) is 47.3 Å². The van der Waals surface area contributed by atoms with Crippen molar-refractivity contribution in [1.82, 2.24) is 10.1 Å². The highest BCUT2D eigenvalue weighted by molar-refractivity contribution is 6.33. The maximum absolute atomic E-state index is 14.2. The van der Waals surface area contributed by atoms with E-state index in [0.29, 0.717) is 0 Å². The third-order valence-corrected chi connectivity index (χ3v) is 4.22. The number of hydrogen-bond acceptors (Lipinski definition) is 5. The quantitative estimate of drug-likeness (QED) is 0.894. The largest absolute Gasteiger partial charge is 0.479 e. The van der Waals surface area contributed by atoms with Gasteiger partial charge in [0.1, 0.15) is 22.8 Å². The Balaban J connectivity index is 2.00. The van der Waals surface area contributed by atoms with Gasteiger partial charge in [-0.15, -0.1) is 0 Å². The average molecular weight is 369 g/mol. The molecular formula is C16H14ClFN2O5. The Morgan fingerprint density at radius 2 is 2.20 bits per heavy atom. The highest BCUT2D eigenvalue weighted by Crippen LogP contribution is 2.34. The van der Waals surface area contributed by atoms with E-state index in [1.165, 1.54) is 30.0 Å². The molecule has 1 unspecified atom stereocenters. The highest BCUT2D eigenvalue weighted by Gasteiger charge is 2.33. The number of amides is 1. The minimum Gasteiger partial charge on any atom is -0.479 e. The molecule has 1 atom stereocenters. The van der Waals surface area contributed by atoms with Gasteiger partial charge in [0.15, 0.2) is 6.10 Å². The van der Waals surface area contributed by atoms with Crippen molar-refractivity contribution < 1.29 is 28.3 Å². The summed E-state index contributed by atoms with van der Waals surface area (Å²) in [5.41, 5.74) is 0.00872. The molecule has 1 aromatic carbocycles. The van der Waals surface area contributed by atoms with Gasteiger partial charge < -0.3 is 19.3 Å². The number of morpholine rings is 1. The zero-order valence-electron chi connectivity index (χ0n) is 13.2. The molecule has 0 radical (unpaired) electrons. The number of halogens is 2. The monoisotopic (exact) mass is 368 g/mol. The first-order valence-corrected chi connectivity index (χ1v) is 7.82. The van der Waals surface area contributed by atoms with Crippen LogP contribution in [0.1, 0.15) is 16.1 Å². The summed E-state index contributed by atoms with van der Waals surface area (Å²) in [7, 11) is 0. The van der Waals surface area contributed by atoms with Gasteiger partial charge in [0, 0.05) is 6.54 Å². The van der Waals surface area contributed by atoms with Crippen molar-refractivity contribution in [2.75, 3.05) is 19.7 Å². The fraction of sp³-hybridized carbons (Fsp3) is 0.312. The SMILES string of the molecule is Cc1onc(-c2c(F)cccc2Cl)c1C(=O)N1CCOC(C(=O)O)C1. The van der Waals surface area contributed by atoms with E-state index in [4.69, 9.17) is 26.0 Å². The molecule has 0 saturated carbocycles. The van der Waals surface area contributed by atoms with Crippen LogP contribution in [0.5, 0.6) is 0 Å². The second-order valence-corrected chi connectivity index (χ2v) is 5.92. The number of nitrogens with zero attached hydrogens (tertiary/aromatic N) is 2. The molecule has 1 aliphatic heterocycles. The van der Waals surface area contributed by atoms with Gasteiger partial charge in [0.25, 0.3) is 5.91 Å². The molecule has 2 aromatic rings. The maximum atomic E-state index is 14.2. The molecule has 0 aliphatic carbocycles. The number of ether oxygens (including phenoxy) is 1. The van der Waals surface area contributed by atoms with E-state index >= 15 is 0 Å². The highest BCUT2D eigenvalue weighted by atomic mass is 35.5. The zero-order valence-corrected chi connectivity index (χ0v) is 13.9. The topological polar surface area (TPSA) is 92.9 Å². The minimum atomic E-state index is -1.16. The standard InChI is InChI=1S/C16H14ClFN2O5/c1-8-12(15(21)20-5-6-24-11(7-20)16(22)23)14(19-25-8)13-9(17)3-2-4-10(13)18/h2-4,11H,5-7H2,1H3,(H,22,23). The molecule has 3 rings (SSSR count). The molecule has 132 valence electrons. The van der Waals surface area contributed by atoms with E-state index in [2.05, 4.69) is 5.16 Å². The Hall–Kier alpha value is -2.45. The van der Waals surface area contributed by atoms with E-state index in [1.807, 2.05) is 0 Å². The Kier molecular flexibility index (Phi) is 4.73. The third-order valence-electron chi connectivity index (χ3n) is 3.91.